The number of ether oxygens (including phenoxy) is 1. The number of amides is 1. The Morgan fingerprint density at radius 2 is 2.04 bits per heavy atom. The average molecular weight is 327 g/mol. The molecule has 0 spiro atoms. The molecule has 0 aliphatic carbocycles. The highest BCUT2D eigenvalue weighted by atomic mass is 16.5. The molecule has 1 saturated heterocycles. The minimum Gasteiger partial charge on any atom is -0.459 e. The number of hydrogen-bond donors (Lipinski definition) is 0. The molecule has 1 aromatic heterocycles. The number of anilines is 1. The van der Waals surface area contributed by atoms with E-state index in [4.69, 9.17) is 4.74 Å². The minimum atomic E-state index is -0.424. The Bertz CT molecular complexity index is 736. The first-order chi connectivity index (χ1) is 11.6. The summed E-state index contributed by atoms with van der Waals surface area (Å²) in [6.07, 6.45) is 2.94. The predicted octanol–water partition coefficient (Wildman–Crippen LogP) is 2.08. The molecular weight excluding hydrogens is 306 g/mol. The van der Waals surface area contributed by atoms with E-state index in [2.05, 4.69) is 12.0 Å². The van der Waals surface area contributed by atoms with Crippen molar-refractivity contribution >= 4 is 17.6 Å². The lowest BCUT2D eigenvalue weighted by atomic mass is 10.1. The van der Waals surface area contributed by atoms with Gasteiger partial charge in [-0.25, -0.2) is 0 Å². The number of carbonyl (C=O) groups excluding carboxylic acids is 2. The number of hydrogen-bond acceptors (Lipinski definition) is 4. The van der Waals surface area contributed by atoms with E-state index < -0.39 is 5.92 Å². The Labute approximate surface area is 141 Å². The number of aryl methyl sites for hydroxylation is 2. The van der Waals surface area contributed by atoms with E-state index in [1.54, 1.807) is 21.8 Å². The number of nitrogens with zero attached hydrogens (tertiary/aromatic N) is 3. The Morgan fingerprint density at radius 3 is 2.67 bits per heavy atom. The lowest BCUT2D eigenvalue weighted by Crippen LogP contribution is -2.26. The number of benzene rings is 1. The molecule has 1 unspecified atom stereocenters. The molecule has 0 radical (unpaired) electrons. The van der Waals surface area contributed by atoms with Gasteiger partial charge in [0.25, 0.3) is 0 Å². The highest BCUT2D eigenvalue weighted by Crippen LogP contribution is 2.26. The van der Waals surface area contributed by atoms with Gasteiger partial charge in [-0.05, 0) is 30.2 Å². The molecule has 1 atom stereocenters. The molecule has 3 rings (SSSR count). The van der Waals surface area contributed by atoms with Crippen LogP contribution in [0.2, 0.25) is 0 Å². The van der Waals surface area contributed by atoms with Crippen molar-refractivity contribution in [1.29, 1.82) is 0 Å². The van der Waals surface area contributed by atoms with Crippen LogP contribution in [0.15, 0.2) is 36.5 Å². The van der Waals surface area contributed by atoms with Crippen LogP contribution in [0.25, 0.3) is 0 Å². The van der Waals surface area contributed by atoms with Gasteiger partial charge >= 0.3 is 5.97 Å². The van der Waals surface area contributed by atoms with Crippen LogP contribution in [0.3, 0.4) is 0 Å². The van der Waals surface area contributed by atoms with Crippen LogP contribution in [0, 0.1) is 5.92 Å². The maximum atomic E-state index is 12.2. The van der Waals surface area contributed by atoms with E-state index >= 15 is 0 Å². The van der Waals surface area contributed by atoms with Crippen molar-refractivity contribution in [3.63, 3.8) is 0 Å². The molecule has 0 bridgehead atoms. The highest BCUT2D eigenvalue weighted by molar-refractivity contribution is 5.99. The van der Waals surface area contributed by atoms with Crippen molar-refractivity contribution in [3.8, 4) is 0 Å². The Kier molecular flexibility index (Phi) is 4.64. The van der Waals surface area contributed by atoms with Crippen molar-refractivity contribution < 1.29 is 14.3 Å². The minimum absolute atomic E-state index is 0.0426. The topological polar surface area (TPSA) is 64.4 Å². The lowest BCUT2D eigenvalue weighted by Gasteiger charge is -2.16. The first kappa shape index (κ1) is 16.2. The summed E-state index contributed by atoms with van der Waals surface area (Å²) in [7, 11) is 1.81. The molecule has 6 heteroatoms. The van der Waals surface area contributed by atoms with Crippen LogP contribution < -0.4 is 4.90 Å². The summed E-state index contributed by atoms with van der Waals surface area (Å²) in [5.74, 6) is -0.812. The van der Waals surface area contributed by atoms with Crippen molar-refractivity contribution in [2.24, 2.45) is 13.0 Å². The zero-order valence-electron chi connectivity index (χ0n) is 13.9. The summed E-state index contributed by atoms with van der Waals surface area (Å²) in [6.45, 7) is 2.59. The van der Waals surface area contributed by atoms with E-state index in [0.717, 1.165) is 12.1 Å². The quantitative estimate of drug-likeness (QED) is 0.789. The Morgan fingerprint density at radius 1 is 1.29 bits per heavy atom. The molecule has 1 amide bonds. The summed E-state index contributed by atoms with van der Waals surface area (Å²) in [6, 6.07) is 9.68. The van der Waals surface area contributed by atoms with Gasteiger partial charge in [0, 0.05) is 31.9 Å². The van der Waals surface area contributed by atoms with Crippen LogP contribution in [0.4, 0.5) is 5.69 Å². The molecular formula is C18H21N3O3. The summed E-state index contributed by atoms with van der Waals surface area (Å²) in [5.41, 5.74) is 2.75. The molecule has 1 aliphatic rings. The van der Waals surface area contributed by atoms with Gasteiger partial charge in [0.2, 0.25) is 5.91 Å². The van der Waals surface area contributed by atoms with E-state index in [1.165, 1.54) is 5.56 Å². The molecule has 2 aromatic rings. The van der Waals surface area contributed by atoms with E-state index in [9.17, 15) is 9.59 Å². The third-order valence-corrected chi connectivity index (χ3v) is 4.25. The maximum Gasteiger partial charge on any atom is 0.311 e. The number of aromatic nitrogens is 2. The zero-order valence-corrected chi connectivity index (χ0v) is 13.9. The fraction of sp³-hybridized carbons (Fsp3) is 0.389. The van der Waals surface area contributed by atoms with E-state index in [-0.39, 0.29) is 24.9 Å². The SMILES string of the molecule is CCc1ccc(N2CC(C(=O)OCc3ccn(C)n3)CC2=O)cc1. The first-order valence-electron chi connectivity index (χ1n) is 8.11. The summed E-state index contributed by atoms with van der Waals surface area (Å²) in [4.78, 5) is 26.1. The monoisotopic (exact) mass is 327 g/mol. The van der Waals surface area contributed by atoms with Crippen molar-refractivity contribution in [1.82, 2.24) is 9.78 Å². The number of esters is 1. The Balaban J connectivity index is 1.59. The molecule has 1 aliphatic heterocycles. The average Bonchev–Trinajstić information content (AvgIpc) is 3.18. The lowest BCUT2D eigenvalue weighted by molar-refractivity contribution is -0.149. The van der Waals surface area contributed by atoms with Crippen molar-refractivity contribution in [2.75, 3.05) is 11.4 Å². The van der Waals surface area contributed by atoms with Crippen molar-refractivity contribution in [3.05, 3.63) is 47.8 Å². The smallest absolute Gasteiger partial charge is 0.311 e. The molecule has 24 heavy (non-hydrogen) atoms. The second kappa shape index (κ2) is 6.86. The van der Waals surface area contributed by atoms with Crippen LogP contribution in [-0.2, 0) is 34.4 Å². The van der Waals surface area contributed by atoms with Gasteiger partial charge in [0.05, 0.1) is 11.6 Å². The first-order valence-corrected chi connectivity index (χ1v) is 8.11. The van der Waals surface area contributed by atoms with Gasteiger partial charge in [-0.2, -0.15) is 5.10 Å². The second-order valence-electron chi connectivity index (χ2n) is 6.01. The van der Waals surface area contributed by atoms with Gasteiger partial charge in [0.15, 0.2) is 0 Å². The van der Waals surface area contributed by atoms with Gasteiger partial charge < -0.3 is 9.64 Å². The van der Waals surface area contributed by atoms with Crippen LogP contribution in [-0.4, -0.2) is 28.2 Å². The van der Waals surface area contributed by atoms with Gasteiger partial charge in [0.1, 0.15) is 6.61 Å². The molecule has 0 saturated carbocycles. The molecule has 126 valence electrons. The molecule has 6 nitrogen and oxygen atoms in total. The highest BCUT2D eigenvalue weighted by Gasteiger charge is 2.36. The standard InChI is InChI=1S/C18H21N3O3/c1-3-13-4-6-16(7-5-13)21-11-14(10-17(21)22)18(23)24-12-15-8-9-20(2)19-15/h4-9,14H,3,10-12H2,1-2H3. The third kappa shape index (κ3) is 3.48. The van der Waals surface area contributed by atoms with E-state index in [0.29, 0.717) is 12.2 Å². The largest absolute Gasteiger partial charge is 0.459 e. The predicted molar refractivity (Wildman–Crippen MR) is 89.3 cm³/mol. The van der Waals surface area contributed by atoms with Gasteiger partial charge in [-0.1, -0.05) is 19.1 Å². The molecule has 2 heterocycles. The number of carbonyl (C=O) groups is 2. The third-order valence-electron chi connectivity index (χ3n) is 4.25. The fourth-order valence-corrected chi connectivity index (χ4v) is 2.83. The summed E-state index contributed by atoms with van der Waals surface area (Å²) < 4.78 is 6.96. The van der Waals surface area contributed by atoms with E-state index in [1.807, 2.05) is 31.3 Å². The van der Waals surface area contributed by atoms with Gasteiger partial charge in [-0.3, -0.25) is 14.3 Å². The van der Waals surface area contributed by atoms with Crippen LogP contribution in [0.5, 0.6) is 0 Å². The normalized spacial score (nSPS) is 17.3. The Hall–Kier alpha value is -2.63. The fourth-order valence-electron chi connectivity index (χ4n) is 2.83. The van der Waals surface area contributed by atoms with Crippen LogP contribution >= 0.6 is 0 Å². The molecule has 0 N–H and O–H groups in total. The second-order valence-corrected chi connectivity index (χ2v) is 6.01. The number of rotatable bonds is 5. The summed E-state index contributed by atoms with van der Waals surface area (Å²) in [5, 5.41) is 4.17. The summed E-state index contributed by atoms with van der Waals surface area (Å²) >= 11 is 0. The van der Waals surface area contributed by atoms with Crippen LogP contribution in [0.1, 0.15) is 24.6 Å². The van der Waals surface area contributed by atoms with Gasteiger partial charge in [-0.15, -0.1) is 0 Å². The van der Waals surface area contributed by atoms with Crippen molar-refractivity contribution in [2.45, 2.75) is 26.4 Å². The maximum absolute atomic E-state index is 12.2. The molecule has 1 fully saturated rings. The molecule has 1 aromatic carbocycles. The zero-order chi connectivity index (χ0) is 17.1.